The number of nitrogens with one attached hydrogen (secondary N) is 2. The summed E-state index contributed by atoms with van der Waals surface area (Å²) in [5.41, 5.74) is 2.06. The van der Waals surface area contributed by atoms with Crippen molar-refractivity contribution in [2.45, 2.75) is 38.4 Å². The van der Waals surface area contributed by atoms with Crippen LogP contribution in [0.3, 0.4) is 0 Å². The second-order valence-electron chi connectivity index (χ2n) is 7.26. The van der Waals surface area contributed by atoms with E-state index in [0.717, 1.165) is 49.4 Å². The topological polar surface area (TPSA) is 53.6 Å². The average Bonchev–Trinajstić information content (AvgIpc) is 2.71. The molecule has 1 aliphatic rings. The molecule has 0 aliphatic carbocycles. The minimum absolute atomic E-state index is 0.144. The van der Waals surface area contributed by atoms with Gasteiger partial charge in [0.25, 0.3) is 0 Å². The third-order valence-corrected chi connectivity index (χ3v) is 5.20. The lowest BCUT2D eigenvalue weighted by atomic mass is 10.0. The minimum Gasteiger partial charge on any atom is -0.496 e. The largest absolute Gasteiger partial charge is 0.496 e. The molecule has 0 bridgehead atoms. The number of ether oxygens (including phenoxy) is 1. The molecule has 150 valence electrons. The normalized spacial score (nSPS) is 16.4. The van der Waals surface area contributed by atoms with E-state index in [2.05, 4.69) is 15.5 Å². The molecule has 0 aromatic heterocycles. The highest BCUT2D eigenvalue weighted by Crippen LogP contribution is 2.24. The molecule has 1 heterocycles. The Hall–Kier alpha value is -2.60. The number of hydrogen-bond acceptors (Lipinski definition) is 3. The molecule has 28 heavy (non-hydrogen) atoms. The summed E-state index contributed by atoms with van der Waals surface area (Å²) in [5.74, 6) is 0.560. The van der Waals surface area contributed by atoms with Crippen molar-refractivity contribution in [2.24, 2.45) is 0 Å². The number of carbonyl (C=O) groups is 1. The van der Waals surface area contributed by atoms with E-state index in [4.69, 9.17) is 4.74 Å². The molecule has 2 aromatic carbocycles. The number of likely N-dealkylation sites (tertiary alicyclic amines) is 1. The van der Waals surface area contributed by atoms with Gasteiger partial charge in [-0.3, -0.25) is 4.90 Å². The Morgan fingerprint density at radius 3 is 2.54 bits per heavy atom. The third kappa shape index (κ3) is 5.45. The van der Waals surface area contributed by atoms with Crippen LogP contribution in [-0.2, 0) is 6.54 Å². The zero-order valence-electron chi connectivity index (χ0n) is 16.5. The minimum atomic E-state index is -0.208. The zero-order chi connectivity index (χ0) is 19.9. The molecule has 6 heteroatoms. The molecule has 2 amide bonds. The van der Waals surface area contributed by atoms with Crippen molar-refractivity contribution in [1.82, 2.24) is 15.5 Å². The van der Waals surface area contributed by atoms with Crippen LogP contribution in [0, 0.1) is 5.82 Å². The number of halogens is 1. The first-order valence-electron chi connectivity index (χ1n) is 9.72. The molecule has 2 N–H and O–H groups in total. The van der Waals surface area contributed by atoms with Crippen LogP contribution in [0.5, 0.6) is 5.75 Å². The maximum atomic E-state index is 13.0. The van der Waals surface area contributed by atoms with Crippen LogP contribution in [0.25, 0.3) is 0 Å². The molecular weight excluding hydrogens is 357 g/mol. The van der Waals surface area contributed by atoms with Crippen molar-refractivity contribution < 1.29 is 13.9 Å². The Morgan fingerprint density at radius 1 is 1.18 bits per heavy atom. The predicted octanol–water partition coefficient (Wildman–Crippen LogP) is 3.86. The van der Waals surface area contributed by atoms with Gasteiger partial charge in [-0.2, -0.15) is 0 Å². The van der Waals surface area contributed by atoms with Crippen molar-refractivity contribution in [1.29, 1.82) is 0 Å². The van der Waals surface area contributed by atoms with Gasteiger partial charge in [0.1, 0.15) is 11.6 Å². The van der Waals surface area contributed by atoms with Gasteiger partial charge in [-0.25, -0.2) is 9.18 Å². The standard InChI is InChI=1S/C22H28FN3O2/c1-16(20-5-3-4-6-21(20)28-2)24-22(27)25-19-11-13-26(14-12-19)15-17-7-9-18(23)10-8-17/h3-10,16,19H,11-15H2,1-2H3,(H2,24,25,27)/t16-/m1/s1. The highest BCUT2D eigenvalue weighted by molar-refractivity contribution is 5.74. The Bertz CT molecular complexity index is 774. The SMILES string of the molecule is COc1ccccc1[C@@H](C)NC(=O)NC1CCN(Cc2ccc(F)cc2)CC1. The van der Waals surface area contributed by atoms with Gasteiger partial charge in [-0.05, 0) is 43.5 Å². The van der Waals surface area contributed by atoms with E-state index in [1.807, 2.05) is 43.3 Å². The average molecular weight is 385 g/mol. The summed E-state index contributed by atoms with van der Waals surface area (Å²) in [5, 5.41) is 6.08. The molecule has 1 atom stereocenters. The lowest BCUT2D eigenvalue weighted by molar-refractivity contribution is 0.186. The molecule has 1 aliphatic heterocycles. The van der Waals surface area contributed by atoms with E-state index in [1.165, 1.54) is 12.1 Å². The van der Waals surface area contributed by atoms with E-state index in [-0.39, 0.29) is 23.9 Å². The number of benzene rings is 2. The van der Waals surface area contributed by atoms with E-state index in [1.54, 1.807) is 7.11 Å². The van der Waals surface area contributed by atoms with Crippen LogP contribution in [0.2, 0.25) is 0 Å². The van der Waals surface area contributed by atoms with Crippen molar-refractivity contribution in [3.63, 3.8) is 0 Å². The van der Waals surface area contributed by atoms with Gasteiger partial charge in [-0.15, -0.1) is 0 Å². The predicted molar refractivity (Wildman–Crippen MR) is 108 cm³/mol. The summed E-state index contributed by atoms with van der Waals surface area (Å²) in [6.07, 6.45) is 1.80. The zero-order valence-corrected chi connectivity index (χ0v) is 16.5. The van der Waals surface area contributed by atoms with Crippen LogP contribution in [-0.4, -0.2) is 37.2 Å². The maximum Gasteiger partial charge on any atom is 0.315 e. The number of amides is 2. The van der Waals surface area contributed by atoms with Gasteiger partial charge in [0, 0.05) is 31.2 Å². The summed E-state index contributed by atoms with van der Waals surface area (Å²) < 4.78 is 18.4. The van der Waals surface area contributed by atoms with Gasteiger partial charge in [-0.1, -0.05) is 30.3 Å². The second kappa shape index (κ2) is 9.55. The summed E-state index contributed by atoms with van der Waals surface area (Å²) in [6.45, 7) is 4.57. The quantitative estimate of drug-likeness (QED) is 0.794. The Kier molecular flexibility index (Phi) is 6.87. The highest BCUT2D eigenvalue weighted by atomic mass is 19.1. The first-order chi connectivity index (χ1) is 13.5. The molecule has 1 fully saturated rings. The van der Waals surface area contributed by atoms with E-state index >= 15 is 0 Å². The van der Waals surface area contributed by atoms with E-state index < -0.39 is 0 Å². The molecular formula is C22H28FN3O2. The van der Waals surface area contributed by atoms with Crippen molar-refractivity contribution in [3.05, 3.63) is 65.5 Å². The monoisotopic (exact) mass is 385 g/mol. The summed E-state index contributed by atoms with van der Waals surface area (Å²) >= 11 is 0. The molecule has 5 nitrogen and oxygen atoms in total. The number of hydrogen-bond donors (Lipinski definition) is 2. The van der Waals surface area contributed by atoms with Gasteiger partial charge < -0.3 is 15.4 Å². The first-order valence-corrected chi connectivity index (χ1v) is 9.72. The first kappa shape index (κ1) is 20.1. The summed E-state index contributed by atoms with van der Waals surface area (Å²) in [6, 6.07) is 14.2. The van der Waals surface area contributed by atoms with Gasteiger partial charge >= 0.3 is 6.03 Å². The highest BCUT2D eigenvalue weighted by Gasteiger charge is 2.22. The number of urea groups is 1. The molecule has 0 unspecified atom stereocenters. The summed E-state index contributed by atoms with van der Waals surface area (Å²) in [7, 11) is 1.63. The number of piperidine rings is 1. The van der Waals surface area contributed by atoms with Crippen LogP contribution in [0.4, 0.5) is 9.18 Å². The molecule has 2 aromatic rings. The number of carbonyl (C=O) groups excluding carboxylic acids is 1. The lowest BCUT2D eigenvalue weighted by Gasteiger charge is -2.32. The van der Waals surface area contributed by atoms with E-state index in [0.29, 0.717) is 0 Å². The van der Waals surface area contributed by atoms with Crippen molar-refractivity contribution >= 4 is 6.03 Å². The molecule has 3 rings (SSSR count). The third-order valence-electron chi connectivity index (χ3n) is 5.20. The van der Waals surface area contributed by atoms with Gasteiger partial charge in [0.15, 0.2) is 0 Å². The van der Waals surface area contributed by atoms with Crippen LogP contribution in [0.1, 0.15) is 36.9 Å². The lowest BCUT2D eigenvalue weighted by Crippen LogP contribution is -2.48. The Morgan fingerprint density at radius 2 is 1.86 bits per heavy atom. The number of nitrogens with zero attached hydrogens (tertiary/aromatic N) is 1. The Balaban J connectivity index is 1.44. The van der Waals surface area contributed by atoms with Crippen LogP contribution >= 0.6 is 0 Å². The number of methoxy groups -OCH3 is 1. The van der Waals surface area contributed by atoms with Crippen molar-refractivity contribution in [3.8, 4) is 5.75 Å². The fourth-order valence-electron chi connectivity index (χ4n) is 3.61. The molecule has 0 saturated carbocycles. The van der Waals surface area contributed by atoms with Gasteiger partial charge in [0.05, 0.1) is 13.2 Å². The molecule has 0 spiro atoms. The molecule has 1 saturated heterocycles. The van der Waals surface area contributed by atoms with Crippen LogP contribution in [0.15, 0.2) is 48.5 Å². The maximum absolute atomic E-state index is 13.0. The smallest absolute Gasteiger partial charge is 0.315 e. The second-order valence-corrected chi connectivity index (χ2v) is 7.26. The summed E-state index contributed by atoms with van der Waals surface area (Å²) in [4.78, 5) is 14.7. The van der Waals surface area contributed by atoms with E-state index in [9.17, 15) is 9.18 Å². The Labute approximate surface area is 165 Å². The number of rotatable bonds is 6. The number of para-hydroxylation sites is 1. The fraction of sp³-hybridized carbons (Fsp3) is 0.409. The van der Waals surface area contributed by atoms with Crippen molar-refractivity contribution in [2.75, 3.05) is 20.2 Å². The molecule has 0 radical (unpaired) electrons. The van der Waals surface area contributed by atoms with Crippen LogP contribution < -0.4 is 15.4 Å². The fourth-order valence-corrected chi connectivity index (χ4v) is 3.61. The van der Waals surface area contributed by atoms with Gasteiger partial charge in [0.2, 0.25) is 0 Å².